The van der Waals surface area contributed by atoms with Gasteiger partial charge in [-0.3, -0.25) is 14.6 Å². The number of ether oxygens (including phenoxy) is 1. The van der Waals surface area contributed by atoms with Gasteiger partial charge in [0, 0.05) is 30.6 Å². The van der Waals surface area contributed by atoms with Crippen LogP contribution in [0.2, 0.25) is 0 Å². The van der Waals surface area contributed by atoms with E-state index in [1.165, 1.54) is 12.3 Å². The highest BCUT2D eigenvalue weighted by atomic mass is 16.5. The van der Waals surface area contributed by atoms with Gasteiger partial charge in [0.15, 0.2) is 0 Å². The number of carbonyl (C=O) groups excluding carboxylic acids is 2. The van der Waals surface area contributed by atoms with Gasteiger partial charge in [-0.15, -0.1) is 0 Å². The number of aromatic nitrogens is 1. The topological polar surface area (TPSA) is 80.3 Å². The maximum Gasteiger partial charge on any atom is 0.274 e. The van der Waals surface area contributed by atoms with Crippen molar-refractivity contribution in [3.63, 3.8) is 0 Å². The highest BCUT2D eigenvalue weighted by molar-refractivity contribution is 6.05. The Labute approximate surface area is 153 Å². The summed E-state index contributed by atoms with van der Waals surface area (Å²) in [4.78, 5) is 28.9. The van der Waals surface area contributed by atoms with Crippen LogP contribution in [0.15, 0.2) is 36.5 Å². The molecule has 0 bridgehead atoms. The first-order valence-corrected chi connectivity index (χ1v) is 8.77. The number of rotatable bonds is 5. The first-order chi connectivity index (χ1) is 12.5. The van der Waals surface area contributed by atoms with E-state index < -0.39 is 0 Å². The smallest absolute Gasteiger partial charge is 0.274 e. The summed E-state index contributed by atoms with van der Waals surface area (Å²) in [5.41, 5.74) is 3.45. The van der Waals surface area contributed by atoms with E-state index in [9.17, 15) is 9.59 Å². The third kappa shape index (κ3) is 4.46. The van der Waals surface area contributed by atoms with Crippen molar-refractivity contribution in [2.24, 2.45) is 0 Å². The van der Waals surface area contributed by atoms with Crippen molar-refractivity contribution < 1.29 is 14.3 Å². The van der Waals surface area contributed by atoms with E-state index in [1.54, 1.807) is 6.07 Å². The predicted octanol–water partition coefficient (Wildman–Crippen LogP) is 2.86. The van der Waals surface area contributed by atoms with Gasteiger partial charge in [-0.2, -0.15) is 0 Å². The number of aryl methyl sites for hydroxylation is 2. The summed E-state index contributed by atoms with van der Waals surface area (Å²) in [5.74, 6) is -0.575. The van der Waals surface area contributed by atoms with Gasteiger partial charge < -0.3 is 15.4 Å². The van der Waals surface area contributed by atoms with Crippen molar-refractivity contribution in [3.8, 4) is 0 Å². The van der Waals surface area contributed by atoms with Crippen molar-refractivity contribution in [1.82, 2.24) is 10.3 Å². The number of amides is 2. The van der Waals surface area contributed by atoms with Crippen LogP contribution in [0.4, 0.5) is 5.69 Å². The first kappa shape index (κ1) is 18.1. The molecule has 1 aliphatic rings. The molecule has 0 saturated carbocycles. The lowest BCUT2D eigenvalue weighted by Crippen LogP contribution is -2.32. The van der Waals surface area contributed by atoms with E-state index >= 15 is 0 Å². The van der Waals surface area contributed by atoms with Crippen molar-refractivity contribution in [2.75, 3.05) is 18.5 Å². The Morgan fingerprint density at radius 3 is 2.77 bits per heavy atom. The molecule has 1 atom stereocenters. The molecule has 3 rings (SSSR count). The normalized spacial score (nSPS) is 16.3. The molecule has 1 fully saturated rings. The summed E-state index contributed by atoms with van der Waals surface area (Å²) in [7, 11) is 0. The molecule has 1 unspecified atom stereocenters. The number of benzene rings is 1. The predicted molar refractivity (Wildman–Crippen MR) is 99.4 cm³/mol. The summed E-state index contributed by atoms with van der Waals surface area (Å²) in [6.45, 7) is 5.16. The zero-order valence-corrected chi connectivity index (χ0v) is 15.0. The largest absolute Gasteiger partial charge is 0.376 e. The molecule has 0 spiro atoms. The highest BCUT2D eigenvalue weighted by Crippen LogP contribution is 2.17. The number of anilines is 1. The summed E-state index contributed by atoms with van der Waals surface area (Å²) < 4.78 is 5.50. The van der Waals surface area contributed by atoms with Crippen LogP contribution in [-0.2, 0) is 4.74 Å². The van der Waals surface area contributed by atoms with Crippen LogP contribution in [0.25, 0.3) is 0 Å². The second-order valence-electron chi connectivity index (χ2n) is 6.55. The third-order valence-corrected chi connectivity index (χ3v) is 4.40. The fraction of sp³-hybridized carbons (Fsp3) is 0.350. The SMILES string of the molecule is Cc1ccc(NC(=O)c2cc(C(=O)NCC3CCCO3)ccn2)c(C)c1. The minimum absolute atomic E-state index is 0.0769. The summed E-state index contributed by atoms with van der Waals surface area (Å²) >= 11 is 0. The van der Waals surface area contributed by atoms with Crippen molar-refractivity contribution >= 4 is 17.5 Å². The van der Waals surface area contributed by atoms with Gasteiger partial charge in [-0.05, 0) is 50.5 Å². The zero-order chi connectivity index (χ0) is 18.5. The Kier molecular flexibility index (Phi) is 5.63. The quantitative estimate of drug-likeness (QED) is 0.866. The molecule has 0 radical (unpaired) electrons. The molecule has 2 aromatic rings. The Morgan fingerprint density at radius 2 is 2.04 bits per heavy atom. The summed E-state index contributed by atoms with van der Waals surface area (Å²) in [6.07, 6.45) is 3.53. The first-order valence-electron chi connectivity index (χ1n) is 8.77. The maximum atomic E-state index is 12.5. The molecule has 136 valence electrons. The number of hydrogen-bond acceptors (Lipinski definition) is 4. The van der Waals surface area contributed by atoms with Crippen LogP contribution in [-0.4, -0.2) is 36.1 Å². The Morgan fingerprint density at radius 1 is 1.19 bits per heavy atom. The summed E-state index contributed by atoms with van der Waals surface area (Å²) in [5, 5.41) is 5.69. The molecule has 2 amide bonds. The van der Waals surface area contributed by atoms with E-state index in [1.807, 2.05) is 32.0 Å². The minimum atomic E-state index is -0.342. The highest BCUT2D eigenvalue weighted by Gasteiger charge is 2.17. The standard InChI is InChI=1S/C20H23N3O3/c1-13-5-6-17(14(2)10-13)23-20(25)18-11-15(7-8-21-18)19(24)22-12-16-4-3-9-26-16/h5-8,10-11,16H,3-4,9,12H2,1-2H3,(H,22,24)(H,23,25). The van der Waals surface area contributed by atoms with Crippen LogP contribution >= 0.6 is 0 Å². The van der Waals surface area contributed by atoms with Crippen molar-refractivity contribution in [2.45, 2.75) is 32.8 Å². The Balaban J connectivity index is 1.65. The van der Waals surface area contributed by atoms with Crippen LogP contribution < -0.4 is 10.6 Å². The lowest BCUT2D eigenvalue weighted by Gasteiger charge is -2.11. The summed E-state index contributed by atoms with van der Waals surface area (Å²) in [6, 6.07) is 8.90. The molecule has 6 heteroatoms. The van der Waals surface area contributed by atoms with E-state index in [4.69, 9.17) is 4.74 Å². The maximum absolute atomic E-state index is 12.5. The van der Waals surface area contributed by atoms with Gasteiger partial charge in [0.05, 0.1) is 6.10 Å². The van der Waals surface area contributed by atoms with E-state index in [-0.39, 0.29) is 23.6 Å². The number of carbonyl (C=O) groups is 2. The molecule has 6 nitrogen and oxygen atoms in total. The van der Waals surface area contributed by atoms with E-state index in [2.05, 4.69) is 15.6 Å². The monoisotopic (exact) mass is 353 g/mol. The van der Waals surface area contributed by atoms with E-state index in [0.29, 0.717) is 12.1 Å². The van der Waals surface area contributed by atoms with Crippen LogP contribution in [0.3, 0.4) is 0 Å². The molecule has 1 aromatic carbocycles. The molecular weight excluding hydrogens is 330 g/mol. The number of nitrogens with one attached hydrogen (secondary N) is 2. The molecule has 26 heavy (non-hydrogen) atoms. The number of hydrogen-bond donors (Lipinski definition) is 2. The fourth-order valence-electron chi connectivity index (χ4n) is 2.95. The lowest BCUT2D eigenvalue weighted by atomic mass is 10.1. The fourth-order valence-corrected chi connectivity index (χ4v) is 2.95. The average molecular weight is 353 g/mol. The zero-order valence-electron chi connectivity index (χ0n) is 15.0. The van der Waals surface area contributed by atoms with Crippen LogP contribution in [0.1, 0.15) is 44.8 Å². The molecule has 1 aliphatic heterocycles. The molecule has 0 aliphatic carbocycles. The van der Waals surface area contributed by atoms with Gasteiger partial charge >= 0.3 is 0 Å². The van der Waals surface area contributed by atoms with Gasteiger partial charge in [-0.25, -0.2) is 0 Å². The molecular formula is C20H23N3O3. The molecule has 2 N–H and O–H groups in total. The van der Waals surface area contributed by atoms with Crippen LogP contribution in [0, 0.1) is 13.8 Å². The average Bonchev–Trinajstić information content (AvgIpc) is 3.15. The second kappa shape index (κ2) is 8.10. The Bertz CT molecular complexity index is 814. The minimum Gasteiger partial charge on any atom is -0.376 e. The second-order valence-corrected chi connectivity index (χ2v) is 6.55. The lowest BCUT2D eigenvalue weighted by molar-refractivity contribution is 0.0857. The number of pyridine rings is 1. The molecule has 2 heterocycles. The van der Waals surface area contributed by atoms with Gasteiger partial charge in [0.1, 0.15) is 5.69 Å². The van der Waals surface area contributed by atoms with Crippen LogP contribution in [0.5, 0.6) is 0 Å². The molecule has 1 saturated heterocycles. The number of nitrogens with zero attached hydrogens (tertiary/aromatic N) is 1. The van der Waals surface area contributed by atoms with Crippen molar-refractivity contribution in [1.29, 1.82) is 0 Å². The van der Waals surface area contributed by atoms with Crippen molar-refractivity contribution in [3.05, 3.63) is 58.9 Å². The van der Waals surface area contributed by atoms with Gasteiger partial charge in [-0.1, -0.05) is 17.7 Å². The van der Waals surface area contributed by atoms with Gasteiger partial charge in [0.2, 0.25) is 0 Å². The van der Waals surface area contributed by atoms with Gasteiger partial charge in [0.25, 0.3) is 11.8 Å². The molecule has 1 aromatic heterocycles. The Hall–Kier alpha value is -2.73. The van der Waals surface area contributed by atoms with E-state index in [0.717, 1.165) is 36.3 Å². The third-order valence-electron chi connectivity index (χ3n) is 4.40.